The number of nitrogens with one attached hydrogen (secondary N) is 1. The summed E-state index contributed by atoms with van der Waals surface area (Å²) in [5.41, 5.74) is 3.31. The number of benzene rings is 2. The second kappa shape index (κ2) is 9.58. The van der Waals surface area contributed by atoms with Crippen LogP contribution in [0.2, 0.25) is 0 Å². The lowest BCUT2D eigenvalue weighted by atomic mass is 10.0. The lowest BCUT2D eigenvalue weighted by Gasteiger charge is -2.12. The quantitative estimate of drug-likeness (QED) is 0.584. The van der Waals surface area contributed by atoms with Crippen molar-refractivity contribution in [3.8, 4) is 5.69 Å². The van der Waals surface area contributed by atoms with E-state index in [9.17, 15) is 9.59 Å². The van der Waals surface area contributed by atoms with Gasteiger partial charge in [-0.2, -0.15) is 0 Å². The SMILES string of the molecule is CC(C)c1ccc(-n2cnnc2SCC(=O)Nc2cccc(C(=O)N(C)C)c2)cc1. The highest BCUT2D eigenvalue weighted by molar-refractivity contribution is 7.99. The minimum atomic E-state index is -0.181. The Labute approximate surface area is 180 Å². The summed E-state index contributed by atoms with van der Waals surface area (Å²) >= 11 is 1.30. The highest BCUT2D eigenvalue weighted by Crippen LogP contribution is 2.22. The molecule has 3 aromatic rings. The van der Waals surface area contributed by atoms with Crippen molar-refractivity contribution >= 4 is 29.3 Å². The monoisotopic (exact) mass is 423 g/mol. The molecule has 0 bridgehead atoms. The van der Waals surface area contributed by atoms with Crippen molar-refractivity contribution < 1.29 is 9.59 Å². The third kappa shape index (κ3) is 5.27. The maximum atomic E-state index is 12.4. The molecule has 156 valence electrons. The molecule has 0 aliphatic rings. The number of thioether (sulfide) groups is 1. The molecule has 0 fully saturated rings. The van der Waals surface area contributed by atoms with Gasteiger partial charge in [0.25, 0.3) is 5.91 Å². The summed E-state index contributed by atoms with van der Waals surface area (Å²) in [6.45, 7) is 4.31. The molecule has 2 aromatic carbocycles. The van der Waals surface area contributed by atoms with Gasteiger partial charge in [0, 0.05) is 31.0 Å². The predicted molar refractivity (Wildman–Crippen MR) is 119 cm³/mol. The van der Waals surface area contributed by atoms with Crippen LogP contribution >= 0.6 is 11.8 Å². The molecule has 0 atom stereocenters. The molecule has 30 heavy (non-hydrogen) atoms. The maximum Gasteiger partial charge on any atom is 0.253 e. The first kappa shape index (κ1) is 21.6. The molecular weight excluding hydrogens is 398 g/mol. The number of anilines is 1. The van der Waals surface area contributed by atoms with Gasteiger partial charge in [-0.3, -0.25) is 14.2 Å². The maximum absolute atomic E-state index is 12.4. The van der Waals surface area contributed by atoms with Crippen LogP contribution in [0.15, 0.2) is 60.0 Å². The number of hydrogen-bond donors (Lipinski definition) is 1. The van der Waals surface area contributed by atoms with Crippen LogP contribution in [0.3, 0.4) is 0 Å². The Morgan fingerprint density at radius 1 is 1.13 bits per heavy atom. The molecule has 0 aliphatic carbocycles. The minimum absolute atomic E-state index is 0.114. The number of nitrogens with zero attached hydrogens (tertiary/aromatic N) is 4. The van der Waals surface area contributed by atoms with Crippen LogP contribution in [0, 0.1) is 0 Å². The zero-order valence-corrected chi connectivity index (χ0v) is 18.3. The number of carbonyl (C=O) groups is 2. The van der Waals surface area contributed by atoms with Crippen molar-refractivity contribution in [3.63, 3.8) is 0 Å². The van der Waals surface area contributed by atoms with E-state index in [4.69, 9.17) is 0 Å². The van der Waals surface area contributed by atoms with Crippen LogP contribution in [-0.2, 0) is 4.79 Å². The van der Waals surface area contributed by atoms with Crippen LogP contribution in [-0.4, -0.2) is 51.3 Å². The van der Waals surface area contributed by atoms with Crippen molar-refractivity contribution in [1.82, 2.24) is 19.7 Å². The van der Waals surface area contributed by atoms with Crippen molar-refractivity contribution in [2.24, 2.45) is 0 Å². The second-order valence-corrected chi connectivity index (χ2v) is 8.29. The lowest BCUT2D eigenvalue weighted by Crippen LogP contribution is -2.22. The molecule has 0 saturated carbocycles. The molecule has 1 N–H and O–H groups in total. The van der Waals surface area contributed by atoms with E-state index in [1.54, 1.807) is 44.7 Å². The lowest BCUT2D eigenvalue weighted by molar-refractivity contribution is -0.113. The zero-order valence-electron chi connectivity index (χ0n) is 17.5. The first-order valence-corrected chi connectivity index (χ1v) is 10.6. The average molecular weight is 424 g/mol. The highest BCUT2D eigenvalue weighted by Gasteiger charge is 2.12. The van der Waals surface area contributed by atoms with Gasteiger partial charge in [-0.25, -0.2) is 0 Å². The topological polar surface area (TPSA) is 80.1 Å². The Kier molecular flexibility index (Phi) is 6.89. The fourth-order valence-corrected chi connectivity index (χ4v) is 3.56. The van der Waals surface area contributed by atoms with E-state index in [0.717, 1.165) is 5.69 Å². The van der Waals surface area contributed by atoms with Gasteiger partial charge in [0.05, 0.1) is 5.75 Å². The van der Waals surface area contributed by atoms with Crippen LogP contribution in [0.1, 0.15) is 35.7 Å². The number of carbonyl (C=O) groups excluding carboxylic acids is 2. The number of amides is 2. The Hall–Kier alpha value is -3.13. The summed E-state index contributed by atoms with van der Waals surface area (Å²) in [6, 6.07) is 15.1. The van der Waals surface area contributed by atoms with Gasteiger partial charge < -0.3 is 10.2 Å². The molecule has 8 heteroatoms. The smallest absolute Gasteiger partial charge is 0.253 e. The number of rotatable bonds is 7. The molecule has 7 nitrogen and oxygen atoms in total. The van der Waals surface area contributed by atoms with Gasteiger partial charge >= 0.3 is 0 Å². The van der Waals surface area contributed by atoms with Crippen molar-refractivity contribution in [2.75, 3.05) is 25.2 Å². The van der Waals surface area contributed by atoms with E-state index in [-0.39, 0.29) is 17.6 Å². The standard InChI is InChI=1S/C22H25N5O2S/c1-15(2)16-8-10-19(11-9-16)27-14-23-25-22(27)30-13-20(28)24-18-7-5-6-17(12-18)21(29)26(3)4/h5-12,14-15H,13H2,1-4H3,(H,24,28). The first-order chi connectivity index (χ1) is 14.3. The highest BCUT2D eigenvalue weighted by atomic mass is 32.2. The summed E-state index contributed by atoms with van der Waals surface area (Å²) in [5, 5.41) is 11.6. The van der Waals surface area contributed by atoms with Crippen LogP contribution in [0.4, 0.5) is 5.69 Å². The third-order valence-corrected chi connectivity index (χ3v) is 5.43. The first-order valence-electron chi connectivity index (χ1n) is 9.60. The molecule has 0 aliphatic heterocycles. The van der Waals surface area contributed by atoms with Gasteiger partial charge in [0.15, 0.2) is 5.16 Å². The van der Waals surface area contributed by atoms with E-state index in [1.165, 1.54) is 22.2 Å². The van der Waals surface area contributed by atoms with Gasteiger partial charge in [-0.15, -0.1) is 10.2 Å². The van der Waals surface area contributed by atoms with E-state index in [1.807, 2.05) is 16.7 Å². The molecule has 1 heterocycles. The summed E-state index contributed by atoms with van der Waals surface area (Å²) in [4.78, 5) is 26.0. The minimum Gasteiger partial charge on any atom is -0.345 e. The summed E-state index contributed by atoms with van der Waals surface area (Å²) in [5.74, 6) is 0.342. The summed E-state index contributed by atoms with van der Waals surface area (Å²) < 4.78 is 1.86. The Balaban J connectivity index is 1.63. The van der Waals surface area contributed by atoms with E-state index in [2.05, 4.69) is 41.5 Å². The number of aromatic nitrogens is 3. The van der Waals surface area contributed by atoms with Crippen LogP contribution in [0.25, 0.3) is 5.69 Å². The Bertz CT molecular complexity index is 1030. The molecule has 2 amide bonds. The van der Waals surface area contributed by atoms with Crippen molar-refractivity contribution in [2.45, 2.75) is 24.9 Å². The Morgan fingerprint density at radius 2 is 1.87 bits per heavy atom. The summed E-state index contributed by atoms with van der Waals surface area (Å²) in [6.07, 6.45) is 1.64. The normalized spacial score (nSPS) is 10.8. The molecule has 3 rings (SSSR count). The molecule has 0 saturated heterocycles. The fourth-order valence-electron chi connectivity index (χ4n) is 2.84. The molecular formula is C22H25N5O2S. The third-order valence-electron chi connectivity index (χ3n) is 4.49. The molecule has 0 unspecified atom stereocenters. The van der Waals surface area contributed by atoms with E-state index < -0.39 is 0 Å². The van der Waals surface area contributed by atoms with Gasteiger partial charge in [0.2, 0.25) is 5.91 Å². The van der Waals surface area contributed by atoms with E-state index >= 15 is 0 Å². The Morgan fingerprint density at radius 3 is 2.53 bits per heavy atom. The van der Waals surface area contributed by atoms with Gasteiger partial charge in [0.1, 0.15) is 6.33 Å². The second-order valence-electron chi connectivity index (χ2n) is 7.35. The molecule has 1 aromatic heterocycles. The fraction of sp³-hybridized carbons (Fsp3) is 0.273. The van der Waals surface area contributed by atoms with Crippen LogP contribution < -0.4 is 5.32 Å². The molecule has 0 radical (unpaired) electrons. The van der Waals surface area contributed by atoms with E-state index in [0.29, 0.717) is 22.3 Å². The van der Waals surface area contributed by atoms with Crippen molar-refractivity contribution in [1.29, 1.82) is 0 Å². The van der Waals surface area contributed by atoms with Gasteiger partial charge in [-0.1, -0.05) is 43.8 Å². The van der Waals surface area contributed by atoms with Crippen LogP contribution in [0.5, 0.6) is 0 Å². The summed E-state index contributed by atoms with van der Waals surface area (Å²) in [7, 11) is 3.38. The zero-order chi connectivity index (χ0) is 21.7. The average Bonchev–Trinajstić information content (AvgIpc) is 3.20. The largest absolute Gasteiger partial charge is 0.345 e. The predicted octanol–water partition coefficient (Wildman–Crippen LogP) is 3.82. The number of hydrogen-bond acceptors (Lipinski definition) is 5. The van der Waals surface area contributed by atoms with Crippen molar-refractivity contribution in [3.05, 3.63) is 66.0 Å². The van der Waals surface area contributed by atoms with Gasteiger partial charge in [-0.05, 0) is 41.8 Å². The molecule has 0 spiro atoms.